The van der Waals surface area contributed by atoms with Gasteiger partial charge >= 0.3 is 6.03 Å². The second-order valence-corrected chi connectivity index (χ2v) is 6.58. The van der Waals surface area contributed by atoms with Gasteiger partial charge in [-0.15, -0.1) is 0 Å². The van der Waals surface area contributed by atoms with Crippen LogP contribution in [0.3, 0.4) is 0 Å². The van der Waals surface area contributed by atoms with Crippen LogP contribution in [0.4, 0.5) is 10.5 Å². The highest BCUT2D eigenvalue weighted by molar-refractivity contribution is 5.89. The van der Waals surface area contributed by atoms with Crippen LogP contribution in [-0.2, 0) is 6.54 Å². The number of hydrogen-bond donors (Lipinski definition) is 3. The van der Waals surface area contributed by atoms with Gasteiger partial charge < -0.3 is 15.6 Å². The summed E-state index contributed by atoms with van der Waals surface area (Å²) in [4.78, 5) is 21.9. The third-order valence-corrected chi connectivity index (χ3v) is 4.38. The number of H-pyrrole nitrogens is 1. The summed E-state index contributed by atoms with van der Waals surface area (Å²) in [6, 6.07) is 7.67. The van der Waals surface area contributed by atoms with E-state index in [4.69, 9.17) is 0 Å². The molecule has 0 spiro atoms. The molecular formula is C18H25N5O. The lowest BCUT2D eigenvalue weighted by Gasteiger charge is -2.15. The Bertz CT molecular complexity index is 679. The molecule has 2 amide bonds. The van der Waals surface area contributed by atoms with Gasteiger partial charge in [-0.2, -0.15) is 0 Å². The topological polar surface area (TPSA) is 73.1 Å². The average molecular weight is 327 g/mol. The maximum atomic E-state index is 12.0. The molecule has 24 heavy (non-hydrogen) atoms. The molecule has 6 nitrogen and oxygen atoms in total. The molecule has 0 bridgehead atoms. The van der Waals surface area contributed by atoms with Crippen molar-refractivity contribution in [3.8, 4) is 0 Å². The quantitative estimate of drug-likeness (QED) is 0.790. The van der Waals surface area contributed by atoms with E-state index in [2.05, 4.69) is 25.5 Å². The molecule has 3 N–H and O–H groups in total. The second kappa shape index (κ2) is 7.49. The van der Waals surface area contributed by atoms with Gasteiger partial charge in [0.05, 0.1) is 0 Å². The van der Waals surface area contributed by atoms with Gasteiger partial charge in [-0.3, -0.25) is 4.90 Å². The Kier molecular flexibility index (Phi) is 5.15. The Morgan fingerprint density at radius 3 is 2.83 bits per heavy atom. The Hall–Kier alpha value is -2.34. The molecule has 1 saturated heterocycles. The van der Waals surface area contributed by atoms with Crippen molar-refractivity contribution in [1.82, 2.24) is 20.2 Å². The van der Waals surface area contributed by atoms with Gasteiger partial charge in [0, 0.05) is 37.2 Å². The van der Waals surface area contributed by atoms with Crippen LogP contribution in [0.1, 0.15) is 23.5 Å². The van der Waals surface area contributed by atoms with Crippen LogP contribution < -0.4 is 10.6 Å². The monoisotopic (exact) mass is 327 g/mol. The number of likely N-dealkylation sites (tertiary alicyclic amines) is 1. The van der Waals surface area contributed by atoms with E-state index in [1.54, 1.807) is 0 Å². The van der Waals surface area contributed by atoms with Crippen LogP contribution >= 0.6 is 0 Å². The van der Waals surface area contributed by atoms with E-state index in [0.717, 1.165) is 43.3 Å². The third-order valence-electron chi connectivity index (χ3n) is 4.38. The van der Waals surface area contributed by atoms with E-state index in [1.165, 1.54) is 5.56 Å². The van der Waals surface area contributed by atoms with Crippen molar-refractivity contribution in [2.75, 3.05) is 25.0 Å². The van der Waals surface area contributed by atoms with Crippen molar-refractivity contribution in [1.29, 1.82) is 0 Å². The van der Waals surface area contributed by atoms with E-state index in [0.29, 0.717) is 12.5 Å². The first-order valence-electron chi connectivity index (χ1n) is 8.43. The first-order chi connectivity index (χ1) is 11.6. The molecule has 2 aromatic rings. The van der Waals surface area contributed by atoms with E-state index < -0.39 is 0 Å². The predicted octanol–water partition coefficient (Wildman–Crippen LogP) is 2.67. The van der Waals surface area contributed by atoms with Crippen LogP contribution in [0.5, 0.6) is 0 Å². The van der Waals surface area contributed by atoms with Gasteiger partial charge in [0.2, 0.25) is 0 Å². The number of nitrogens with one attached hydrogen (secondary N) is 3. The Labute approximate surface area is 142 Å². The van der Waals surface area contributed by atoms with E-state index in [-0.39, 0.29) is 6.03 Å². The number of anilines is 1. The van der Waals surface area contributed by atoms with Crippen LogP contribution in [0.15, 0.2) is 30.5 Å². The smallest absolute Gasteiger partial charge is 0.319 e. The van der Waals surface area contributed by atoms with E-state index in [1.807, 2.05) is 44.3 Å². The Morgan fingerprint density at radius 2 is 2.12 bits per heavy atom. The summed E-state index contributed by atoms with van der Waals surface area (Å²) < 4.78 is 0. The van der Waals surface area contributed by atoms with E-state index in [9.17, 15) is 4.79 Å². The minimum atomic E-state index is -0.138. The summed E-state index contributed by atoms with van der Waals surface area (Å²) in [5.74, 6) is 1.45. The highest BCUT2D eigenvalue weighted by Crippen LogP contribution is 2.17. The minimum Gasteiger partial charge on any atom is -0.345 e. The molecule has 1 aliphatic heterocycles. The molecule has 3 rings (SSSR count). The number of carbonyl (C=O) groups excluding carboxylic acids is 1. The van der Waals surface area contributed by atoms with Crippen molar-refractivity contribution in [2.24, 2.45) is 5.92 Å². The van der Waals surface area contributed by atoms with E-state index >= 15 is 0 Å². The lowest BCUT2D eigenvalue weighted by atomic mass is 10.1. The molecule has 0 radical (unpaired) electrons. The molecule has 128 valence electrons. The predicted molar refractivity (Wildman–Crippen MR) is 94.9 cm³/mol. The van der Waals surface area contributed by atoms with Crippen LogP contribution in [0.2, 0.25) is 0 Å². The fourth-order valence-electron chi connectivity index (χ4n) is 3.07. The molecule has 6 heteroatoms. The Balaban J connectivity index is 1.39. The first kappa shape index (κ1) is 16.5. The molecule has 0 aliphatic carbocycles. The molecule has 1 fully saturated rings. The fourth-order valence-corrected chi connectivity index (χ4v) is 3.07. The molecule has 1 atom stereocenters. The minimum absolute atomic E-state index is 0.138. The number of nitrogens with zero attached hydrogens (tertiary/aromatic N) is 2. The van der Waals surface area contributed by atoms with Gasteiger partial charge in [-0.25, -0.2) is 9.78 Å². The molecule has 1 aromatic heterocycles. The highest BCUT2D eigenvalue weighted by atomic mass is 16.2. The number of hydrogen-bond acceptors (Lipinski definition) is 3. The zero-order valence-corrected chi connectivity index (χ0v) is 14.3. The van der Waals surface area contributed by atoms with Crippen LogP contribution in [0.25, 0.3) is 0 Å². The SMILES string of the molecule is Cc1ccc(NC(=O)NCC2CCN(Cc3cnc(C)[nH]3)C2)cc1. The number of benzene rings is 1. The number of aryl methyl sites for hydroxylation is 2. The summed E-state index contributed by atoms with van der Waals surface area (Å²) in [7, 11) is 0. The molecular weight excluding hydrogens is 302 g/mol. The molecule has 0 saturated carbocycles. The van der Waals surface area contributed by atoms with Crippen LogP contribution in [-0.4, -0.2) is 40.5 Å². The number of aromatic amines is 1. The fraction of sp³-hybridized carbons (Fsp3) is 0.444. The normalized spacial score (nSPS) is 17.8. The summed E-state index contributed by atoms with van der Waals surface area (Å²) in [5.41, 5.74) is 3.15. The van der Waals surface area contributed by atoms with Gasteiger partial charge in [0.15, 0.2) is 0 Å². The molecule has 1 aromatic carbocycles. The van der Waals surface area contributed by atoms with Crippen molar-refractivity contribution in [3.63, 3.8) is 0 Å². The third kappa shape index (κ3) is 4.58. The zero-order chi connectivity index (χ0) is 16.9. The number of amides is 2. The maximum absolute atomic E-state index is 12.0. The van der Waals surface area contributed by atoms with Crippen molar-refractivity contribution in [3.05, 3.63) is 47.5 Å². The largest absolute Gasteiger partial charge is 0.345 e. The van der Waals surface area contributed by atoms with Gasteiger partial charge in [-0.05, 0) is 44.9 Å². The van der Waals surface area contributed by atoms with Crippen LogP contribution in [0, 0.1) is 19.8 Å². The lowest BCUT2D eigenvalue weighted by molar-refractivity contribution is 0.249. The average Bonchev–Trinajstić information content (AvgIpc) is 3.17. The zero-order valence-electron chi connectivity index (χ0n) is 14.3. The lowest BCUT2D eigenvalue weighted by Crippen LogP contribution is -2.34. The standard InChI is InChI=1S/C18H25N5O/c1-13-3-5-16(6-4-13)22-18(24)20-9-15-7-8-23(11-15)12-17-10-19-14(2)21-17/h3-6,10,15H,7-9,11-12H2,1-2H3,(H,19,21)(H2,20,22,24). The Morgan fingerprint density at radius 1 is 1.33 bits per heavy atom. The number of imidazole rings is 1. The number of rotatable bonds is 5. The number of urea groups is 1. The summed E-state index contributed by atoms with van der Waals surface area (Å²) in [5, 5.41) is 5.85. The summed E-state index contributed by atoms with van der Waals surface area (Å²) in [6.07, 6.45) is 3.01. The first-order valence-corrected chi connectivity index (χ1v) is 8.43. The summed E-state index contributed by atoms with van der Waals surface area (Å²) >= 11 is 0. The molecule has 2 heterocycles. The second-order valence-electron chi connectivity index (χ2n) is 6.58. The maximum Gasteiger partial charge on any atom is 0.319 e. The van der Waals surface area contributed by atoms with Gasteiger partial charge in [0.1, 0.15) is 5.82 Å². The highest BCUT2D eigenvalue weighted by Gasteiger charge is 2.23. The molecule has 1 unspecified atom stereocenters. The van der Waals surface area contributed by atoms with Crippen molar-refractivity contribution >= 4 is 11.7 Å². The van der Waals surface area contributed by atoms with Crippen molar-refractivity contribution in [2.45, 2.75) is 26.8 Å². The van der Waals surface area contributed by atoms with Crippen molar-refractivity contribution < 1.29 is 4.79 Å². The summed E-state index contributed by atoms with van der Waals surface area (Å²) in [6.45, 7) is 7.66. The molecule has 1 aliphatic rings. The van der Waals surface area contributed by atoms with Gasteiger partial charge in [-0.1, -0.05) is 17.7 Å². The number of aromatic nitrogens is 2. The van der Waals surface area contributed by atoms with Gasteiger partial charge in [0.25, 0.3) is 0 Å². The number of carbonyl (C=O) groups is 1.